The van der Waals surface area contributed by atoms with Gasteiger partial charge in [0.2, 0.25) is 0 Å². The fourth-order valence-corrected chi connectivity index (χ4v) is 3.60. The molecular weight excluding hydrogens is 385 g/mol. The Morgan fingerprint density at radius 3 is 2.48 bits per heavy atom. The summed E-state index contributed by atoms with van der Waals surface area (Å²) in [6, 6.07) is 21.5. The molecule has 0 aliphatic rings. The molecule has 4 heteroatoms. The van der Waals surface area contributed by atoms with E-state index in [4.69, 9.17) is 11.6 Å². The second-order valence-corrected chi connectivity index (χ2v) is 7.13. The van der Waals surface area contributed by atoms with Gasteiger partial charge in [0, 0.05) is 27.2 Å². The Hall–Kier alpha value is -3.30. The first kappa shape index (κ1) is 19.0. The summed E-state index contributed by atoms with van der Waals surface area (Å²) in [5.74, 6) is -0.612. The Labute approximate surface area is 173 Å². The smallest absolute Gasteiger partial charge is 0.188 e. The number of hydrogen-bond acceptors (Lipinski definition) is 2. The van der Waals surface area contributed by atoms with E-state index >= 15 is 0 Å². The fraction of sp³-hybridized carbons (Fsp3) is 0.0400. The van der Waals surface area contributed by atoms with Gasteiger partial charge in [-0.2, -0.15) is 0 Å². The van der Waals surface area contributed by atoms with Crippen molar-refractivity contribution in [3.63, 3.8) is 0 Å². The molecule has 142 valence electrons. The Bertz CT molecular complexity index is 1250. The van der Waals surface area contributed by atoms with E-state index in [9.17, 15) is 9.18 Å². The average molecular weight is 402 g/mol. The second kappa shape index (κ2) is 7.98. The van der Waals surface area contributed by atoms with Gasteiger partial charge in [-0.3, -0.25) is 9.78 Å². The third-order valence-corrected chi connectivity index (χ3v) is 4.99. The molecule has 4 rings (SSSR count). The molecule has 3 aromatic carbocycles. The number of rotatable bonds is 4. The molecule has 0 N–H and O–H groups in total. The molecule has 0 saturated heterocycles. The Morgan fingerprint density at radius 1 is 1.00 bits per heavy atom. The highest BCUT2D eigenvalue weighted by atomic mass is 35.5. The van der Waals surface area contributed by atoms with Crippen LogP contribution in [0, 0.1) is 12.7 Å². The van der Waals surface area contributed by atoms with Gasteiger partial charge in [-0.15, -0.1) is 0 Å². The van der Waals surface area contributed by atoms with Crippen LogP contribution in [0.15, 0.2) is 78.9 Å². The molecule has 4 aromatic rings. The Balaban J connectivity index is 1.93. The first-order chi connectivity index (χ1) is 14.0. The van der Waals surface area contributed by atoms with Crippen LogP contribution in [0.1, 0.15) is 21.6 Å². The molecule has 29 heavy (non-hydrogen) atoms. The number of aryl methyl sites for hydroxylation is 1. The van der Waals surface area contributed by atoms with Crippen LogP contribution in [0.3, 0.4) is 0 Å². The average Bonchev–Trinajstić information content (AvgIpc) is 2.73. The van der Waals surface area contributed by atoms with Gasteiger partial charge in [0.25, 0.3) is 0 Å². The van der Waals surface area contributed by atoms with E-state index < -0.39 is 0 Å². The normalized spacial score (nSPS) is 11.3. The quantitative estimate of drug-likeness (QED) is 0.275. The predicted molar refractivity (Wildman–Crippen MR) is 117 cm³/mol. The second-order valence-electron chi connectivity index (χ2n) is 6.69. The van der Waals surface area contributed by atoms with Gasteiger partial charge in [-0.05, 0) is 48.9 Å². The minimum absolute atomic E-state index is 0.237. The van der Waals surface area contributed by atoms with Crippen molar-refractivity contribution in [1.29, 1.82) is 0 Å². The van der Waals surface area contributed by atoms with E-state index in [1.165, 1.54) is 18.2 Å². The molecule has 0 spiro atoms. The van der Waals surface area contributed by atoms with Gasteiger partial charge in [0.1, 0.15) is 5.82 Å². The van der Waals surface area contributed by atoms with E-state index in [1.54, 1.807) is 24.3 Å². The number of carbonyl (C=O) groups is 1. The van der Waals surface area contributed by atoms with Crippen LogP contribution in [0.4, 0.5) is 4.39 Å². The van der Waals surface area contributed by atoms with E-state index in [1.807, 2.05) is 49.4 Å². The number of aromatic nitrogens is 1. The summed E-state index contributed by atoms with van der Waals surface area (Å²) in [5.41, 5.74) is 3.89. The van der Waals surface area contributed by atoms with Gasteiger partial charge in [-0.1, -0.05) is 60.1 Å². The van der Waals surface area contributed by atoms with Crippen molar-refractivity contribution in [2.24, 2.45) is 0 Å². The highest BCUT2D eigenvalue weighted by molar-refractivity contribution is 6.31. The molecule has 0 amide bonds. The largest absolute Gasteiger partial charge is 0.289 e. The van der Waals surface area contributed by atoms with Crippen molar-refractivity contribution in [2.75, 3.05) is 0 Å². The summed E-state index contributed by atoms with van der Waals surface area (Å²) >= 11 is 6.24. The molecule has 0 aliphatic carbocycles. The van der Waals surface area contributed by atoms with Gasteiger partial charge < -0.3 is 0 Å². The summed E-state index contributed by atoms with van der Waals surface area (Å²) in [4.78, 5) is 17.8. The van der Waals surface area contributed by atoms with Gasteiger partial charge in [0.05, 0.1) is 11.1 Å². The summed E-state index contributed by atoms with van der Waals surface area (Å²) in [5, 5.41) is 1.37. The predicted octanol–water partition coefficient (Wildman–Crippen LogP) is 6.90. The number of halogens is 2. The molecule has 0 atom stereocenters. The van der Waals surface area contributed by atoms with Crippen molar-refractivity contribution in [3.8, 4) is 11.1 Å². The van der Waals surface area contributed by atoms with Crippen molar-refractivity contribution in [1.82, 2.24) is 4.98 Å². The molecule has 0 fully saturated rings. The lowest BCUT2D eigenvalue weighted by molar-refractivity contribution is 0.104. The topological polar surface area (TPSA) is 30.0 Å². The minimum Gasteiger partial charge on any atom is -0.289 e. The van der Waals surface area contributed by atoms with E-state index in [-0.39, 0.29) is 11.6 Å². The molecular formula is C25H17ClFNO. The summed E-state index contributed by atoms with van der Waals surface area (Å²) in [6.07, 6.45) is 2.89. The molecule has 1 aromatic heterocycles. The maximum Gasteiger partial charge on any atom is 0.188 e. The molecule has 0 bridgehead atoms. The number of benzene rings is 3. The summed E-state index contributed by atoms with van der Waals surface area (Å²) in [6.45, 7) is 1.81. The Kier molecular flexibility index (Phi) is 5.24. The summed E-state index contributed by atoms with van der Waals surface area (Å²) in [7, 11) is 0. The van der Waals surface area contributed by atoms with Gasteiger partial charge in [-0.25, -0.2) is 4.39 Å². The van der Waals surface area contributed by atoms with Crippen LogP contribution in [0.25, 0.3) is 28.1 Å². The third kappa shape index (κ3) is 3.82. The molecule has 2 nitrogen and oxygen atoms in total. The maximum atomic E-state index is 13.9. The Morgan fingerprint density at radius 2 is 1.72 bits per heavy atom. The van der Waals surface area contributed by atoms with Crippen LogP contribution in [-0.2, 0) is 0 Å². The van der Waals surface area contributed by atoms with Crippen LogP contribution in [0.2, 0.25) is 5.02 Å². The van der Waals surface area contributed by atoms with Gasteiger partial charge >= 0.3 is 0 Å². The van der Waals surface area contributed by atoms with Crippen LogP contribution in [-0.4, -0.2) is 10.8 Å². The zero-order chi connectivity index (χ0) is 20.4. The molecule has 0 saturated carbocycles. The monoisotopic (exact) mass is 401 g/mol. The number of carbonyl (C=O) groups excluding carboxylic acids is 1. The number of fused-ring (bicyclic) bond motifs is 1. The first-order valence-electron chi connectivity index (χ1n) is 9.17. The van der Waals surface area contributed by atoms with E-state index in [0.717, 1.165) is 22.0 Å². The standard InChI is InChI=1S/C25H17ClFNO/c1-16-24(23(29)14-11-17-7-5-6-10-21(17)27)25(18-8-3-2-4-9-18)20-15-19(26)12-13-22(20)28-16/h2-15H,1H3. The summed E-state index contributed by atoms with van der Waals surface area (Å²) < 4.78 is 13.9. The van der Waals surface area contributed by atoms with Crippen molar-refractivity contribution < 1.29 is 9.18 Å². The van der Waals surface area contributed by atoms with Crippen molar-refractivity contribution in [3.05, 3.63) is 107 Å². The van der Waals surface area contributed by atoms with Gasteiger partial charge in [0.15, 0.2) is 5.78 Å². The minimum atomic E-state index is -0.375. The first-order valence-corrected chi connectivity index (χ1v) is 9.54. The third-order valence-electron chi connectivity index (χ3n) is 4.76. The number of allylic oxidation sites excluding steroid dienone is 1. The number of ketones is 1. The van der Waals surface area contributed by atoms with E-state index in [0.29, 0.717) is 21.8 Å². The zero-order valence-corrected chi connectivity index (χ0v) is 16.5. The highest BCUT2D eigenvalue weighted by Gasteiger charge is 2.19. The van der Waals surface area contributed by atoms with Crippen LogP contribution < -0.4 is 0 Å². The fourth-order valence-electron chi connectivity index (χ4n) is 3.42. The molecule has 0 radical (unpaired) electrons. The van der Waals surface area contributed by atoms with Crippen LogP contribution in [0.5, 0.6) is 0 Å². The number of pyridine rings is 1. The lowest BCUT2D eigenvalue weighted by Gasteiger charge is -2.14. The molecule has 0 aliphatic heterocycles. The lowest BCUT2D eigenvalue weighted by Crippen LogP contribution is -2.05. The van der Waals surface area contributed by atoms with E-state index in [2.05, 4.69) is 4.98 Å². The number of hydrogen-bond donors (Lipinski definition) is 0. The van der Waals surface area contributed by atoms with Crippen molar-refractivity contribution >= 4 is 34.4 Å². The molecule has 0 unspecified atom stereocenters. The molecule has 1 heterocycles. The SMILES string of the molecule is Cc1nc2ccc(Cl)cc2c(-c2ccccc2)c1C(=O)C=Cc1ccccc1F. The highest BCUT2D eigenvalue weighted by Crippen LogP contribution is 2.35. The zero-order valence-electron chi connectivity index (χ0n) is 15.7. The lowest BCUT2D eigenvalue weighted by atomic mass is 9.92. The maximum absolute atomic E-state index is 13.9. The van der Waals surface area contributed by atoms with Crippen LogP contribution >= 0.6 is 11.6 Å². The van der Waals surface area contributed by atoms with Crippen molar-refractivity contribution in [2.45, 2.75) is 6.92 Å². The number of nitrogens with zero attached hydrogens (tertiary/aromatic N) is 1.